The molecule has 0 aliphatic carbocycles. The number of aromatic nitrogens is 2. The Kier molecular flexibility index (Phi) is 3.97. The summed E-state index contributed by atoms with van der Waals surface area (Å²) in [5, 5.41) is 3.08. The van der Waals surface area contributed by atoms with Crippen LogP contribution in [0.5, 0.6) is 0 Å². The van der Waals surface area contributed by atoms with Gasteiger partial charge in [0, 0.05) is 12.4 Å². The fourth-order valence-corrected chi connectivity index (χ4v) is 1.80. The van der Waals surface area contributed by atoms with Crippen molar-refractivity contribution in [2.24, 2.45) is 0 Å². The number of rotatable bonds is 3. The van der Waals surface area contributed by atoms with Crippen molar-refractivity contribution in [3.05, 3.63) is 52.9 Å². The van der Waals surface area contributed by atoms with Crippen LogP contribution in [0.2, 0.25) is 5.02 Å². The van der Waals surface area contributed by atoms with Gasteiger partial charge in [-0.2, -0.15) is 0 Å². The van der Waals surface area contributed by atoms with Crippen LogP contribution in [-0.4, -0.2) is 15.9 Å². The first-order valence-corrected chi connectivity index (χ1v) is 6.08. The highest BCUT2D eigenvalue weighted by Crippen LogP contribution is 2.18. The maximum atomic E-state index is 12.1. The lowest BCUT2D eigenvalue weighted by molar-refractivity contribution is 0.0939. The molecule has 2 aromatic heterocycles. The Balaban J connectivity index is 2.15. The number of carbonyl (C=O) groups excluding carboxylic acids is 1. The van der Waals surface area contributed by atoms with Crippen LogP contribution in [0.4, 0.5) is 5.82 Å². The van der Waals surface area contributed by atoms with Gasteiger partial charge in [-0.1, -0.05) is 17.7 Å². The van der Waals surface area contributed by atoms with Gasteiger partial charge < -0.3 is 11.1 Å². The molecule has 0 radical (unpaired) electrons. The predicted octanol–water partition coefficient (Wildman–Crippen LogP) is 2.20. The van der Waals surface area contributed by atoms with Gasteiger partial charge >= 0.3 is 0 Å². The molecule has 0 bridgehead atoms. The molecular formula is C13H13ClN4O. The van der Waals surface area contributed by atoms with E-state index in [0.717, 1.165) is 5.69 Å². The standard InChI is InChI=1S/C13H13ClN4O/c1-8(11-4-2-3-5-16-11)18-13(19)9-6-12(15)17-7-10(9)14/h2-8H,1H3,(H2,15,17)(H,18,19). The van der Waals surface area contributed by atoms with Crippen LogP contribution in [-0.2, 0) is 0 Å². The summed E-state index contributed by atoms with van der Waals surface area (Å²) in [6.45, 7) is 1.85. The Hall–Kier alpha value is -2.14. The first kappa shape index (κ1) is 13.3. The second-order valence-corrected chi connectivity index (χ2v) is 4.45. The first-order valence-electron chi connectivity index (χ1n) is 5.70. The van der Waals surface area contributed by atoms with Crippen LogP contribution in [0.25, 0.3) is 0 Å². The Labute approximate surface area is 115 Å². The fourth-order valence-electron chi connectivity index (χ4n) is 1.61. The molecule has 0 saturated heterocycles. The number of anilines is 1. The summed E-state index contributed by atoms with van der Waals surface area (Å²) in [6, 6.07) is 6.75. The van der Waals surface area contributed by atoms with Crippen LogP contribution in [0.1, 0.15) is 29.0 Å². The molecule has 2 heterocycles. The summed E-state index contributed by atoms with van der Waals surface area (Å²) in [7, 11) is 0. The maximum Gasteiger partial charge on any atom is 0.253 e. The second kappa shape index (κ2) is 5.67. The number of carbonyl (C=O) groups is 1. The van der Waals surface area contributed by atoms with Gasteiger partial charge in [-0.05, 0) is 25.1 Å². The third-order valence-electron chi connectivity index (χ3n) is 2.60. The lowest BCUT2D eigenvalue weighted by atomic mass is 10.2. The van der Waals surface area contributed by atoms with Gasteiger partial charge in [0.25, 0.3) is 5.91 Å². The molecule has 0 aliphatic rings. The highest BCUT2D eigenvalue weighted by molar-refractivity contribution is 6.33. The number of hydrogen-bond donors (Lipinski definition) is 2. The molecule has 0 spiro atoms. The third kappa shape index (κ3) is 3.20. The van der Waals surface area contributed by atoms with Crippen LogP contribution in [0, 0.1) is 0 Å². The normalized spacial score (nSPS) is 11.9. The highest BCUT2D eigenvalue weighted by Gasteiger charge is 2.15. The molecular weight excluding hydrogens is 264 g/mol. The van der Waals surface area contributed by atoms with E-state index in [1.165, 1.54) is 12.3 Å². The first-order chi connectivity index (χ1) is 9.08. The minimum Gasteiger partial charge on any atom is -0.384 e. The van der Waals surface area contributed by atoms with Crippen molar-refractivity contribution in [1.82, 2.24) is 15.3 Å². The van der Waals surface area contributed by atoms with Crippen molar-refractivity contribution in [1.29, 1.82) is 0 Å². The Morgan fingerprint density at radius 2 is 2.21 bits per heavy atom. The lowest BCUT2D eigenvalue weighted by Gasteiger charge is -2.14. The molecule has 0 fully saturated rings. The molecule has 0 aliphatic heterocycles. The zero-order valence-corrected chi connectivity index (χ0v) is 11.1. The number of hydrogen-bond acceptors (Lipinski definition) is 4. The molecule has 6 heteroatoms. The molecule has 1 amide bonds. The molecule has 5 nitrogen and oxygen atoms in total. The van der Waals surface area contributed by atoms with Crippen LogP contribution in [0.3, 0.4) is 0 Å². The third-order valence-corrected chi connectivity index (χ3v) is 2.90. The summed E-state index contributed by atoms with van der Waals surface area (Å²) in [5.74, 6) is -0.0581. The topological polar surface area (TPSA) is 80.9 Å². The van der Waals surface area contributed by atoms with Crippen molar-refractivity contribution in [3.8, 4) is 0 Å². The zero-order valence-electron chi connectivity index (χ0n) is 10.3. The van der Waals surface area contributed by atoms with Crippen LogP contribution in [0.15, 0.2) is 36.7 Å². The summed E-state index contributed by atoms with van der Waals surface area (Å²) in [5.41, 5.74) is 6.62. The van der Waals surface area contributed by atoms with E-state index in [1.807, 2.05) is 25.1 Å². The molecule has 3 N–H and O–H groups in total. The van der Waals surface area contributed by atoms with Crippen LogP contribution < -0.4 is 11.1 Å². The van der Waals surface area contributed by atoms with Crippen LogP contribution >= 0.6 is 11.6 Å². The van der Waals surface area contributed by atoms with E-state index in [-0.39, 0.29) is 22.8 Å². The SMILES string of the molecule is CC(NC(=O)c1cc(N)ncc1Cl)c1ccccn1. The number of nitrogens with one attached hydrogen (secondary N) is 1. The van der Waals surface area contributed by atoms with Gasteiger partial charge in [-0.25, -0.2) is 4.98 Å². The van der Waals surface area contributed by atoms with E-state index in [9.17, 15) is 4.79 Å². The summed E-state index contributed by atoms with van der Waals surface area (Å²) >= 11 is 5.93. The van der Waals surface area contributed by atoms with E-state index in [2.05, 4.69) is 15.3 Å². The number of amides is 1. The zero-order chi connectivity index (χ0) is 13.8. The van der Waals surface area contributed by atoms with Crippen molar-refractivity contribution >= 4 is 23.3 Å². The van der Waals surface area contributed by atoms with Crippen molar-refractivity contribution in [2.45, 2.75) is 13.0 Å². The quantitative estimate of drug-likeness (QED) is 0.900. The average molecular weight is 277 g/mol. The highest BCUT2D eigenvalue weighted by atomic mass is 35.5. The number of pyridine rings is 2. The monoisotopic (exact) mass is 276 g/mol. The molecule has 19 heavy (non-hydrogen) atoms. The molecule has 2 aromatic rings. The van der Waals surface area contributed by atoms with E-state index >= 15 is 0 Å². The predicted molar refractivity (Wildman–Crippen MR) is 73.8 cm³/mol. The smallest absolute Gasteiger partial charge is 0.253 e. The summed E-state index contributed by atoms with van der Waals surface area (Å²) < 4.78 is 0. The summed E-state index contributed by atoms with van der Waals surface area (Å²) in [4.78, 5) is 20.1. The fraction of sp³-hybridized carbons (Fsp3) is 0.154. The Morgan fingerprint density at radius 1 is 1.42 bits per heavy atom. The Bertz CT molecular complexity index is 588. The van der Waals surface area contributed by atoms with Gasteiger partial charge in [0.05, 0.1) is 22.3 Å². The minimum absolute atomic E-state index is 0.223. The van der Waals surface area contributed by atoms with Crippen molar-refractivity contribution in [2.75, 3.05) is 5.73 Å². The lowest BCUT2D eigenvalue weighted by Crippen LogP contribution is -2.27. The molecule has 1 unspecified atom stereocenters. The van der Waals surface area contributed by atoms with Gasteiger partial charge in [-0.15, -0.1) is 0 Å². The second-order valence-electron chi connectivity index (χ2n) is 4.04. The van der Waals surface area contributed by atoms with E-state index < -0.39 is 0 Å². The number of nitrogens with two attached hydrogens (primary N) is 1. The largest absolute Gasteiger partial charge is 0.384 e. The van der Waals surface area contributed by atoms with Gasteiger partial charge in [0.2, 0.25) is 0 Å². The van der Waals surface area contributed by atoms with Crippen molar-refractivity contribution in [3.63, 3.8) is 0 Å². The molecule has 1 atom stereocenters. The maximum absolute atomic E-state index is 12.1. The van der Waals surface area contributed by atoms with E-state index in [0.29, 0.717) is 5.56 Å². The number of halogens is 1. The Morgan fingerprint density at radius 3 is 2.89 bits per heavy atom. The van der Waals surface area contributed by atoms with Gasteiger partial charge in [-0.3, -0.25) is 9.78 Å². The average Bonchev–Trinajstić information content (AvgIpc) is 2.42. The van der Waals surface area contributed by atoms with Gasteiger partial charge in [0.15, 0.2) is 0 Å². The van der Waals surface area contributed by atoms with Crippen molar-refractivity contribution < 1.29 is 4.79 Å². The van der Waals surface area contributed by atoms with E-state index in [1.54, 1.807) is 6.20 Å². The van der Waals surface area contributed by atoms with E-state index in [4.69, 9.17) is 17.3 Å². The number of nitrogen functional groups attached to an aromatic ring is 1. The molecule has 98 valence electrons. The molecule has 2 rings (SSSR count). The minimum atomic E-state index is -0.308. The van der Waals surface area contributed by atoms with Gasteiger partial charge in [0.1, 0.15) is 5.82 Å². The summed E-state index contributed by atoms with van der Waals surface area (Å²) in [6.07, 6.45) is 3.03. The molecule has 0 saturated carbocycles. The number of nitrogens with zero attached hydrogens (tertiary/aromatic N) is 2. The molecule has 0 aromatic carbocycles.